The fraction of sp³-hybridized carbons (Fsp3) is 0.292. The topological polar surface area (TPSA) is 74.8 Å². The van der Waals surface area contributed by atoms with Gasteiger partial charge in [-0.05, 0) is 49.4 Å². The lowest BCUT2D eigenvalue weighted by molar-refractivity contribution is -0.130. The highest BCUT2D eigenvalue weighted by Crippen LogP contribution is 2.22. The first-order chi connectivity index (χ1) is 15.6. The molecule has 1 aromatic heterocycles. The van der Waals surface area contributed by atoms with Crippen LogP contribution in [0.15, 0.2) is 54.6 Å². The Morgan fingerprint density at radius 1 is 1.16 bits per heavy atom. The quantitative estimate of drug-likeness (QED) is 0.557. The molecule has 0 bridgehead atoms. The Morgan fingerprint density at radius 3 is 2.62 bits per heavy atom. The number of anilines is 2. The van der Waals surface area contributed by atoms with E-state index in [1.165, 1.54) is 22.3 Å². The molecule has 0 saturated carbocycles. The van der Waals surface area contributed by atoms with E-state index in [4.69, 9.17) is 4.74 Å². The molecule has 2 aromatic carbocycles. The Morgan fingerprint density at radius 2 is 1.91 bits per heavy atom. The third-order valence-corrected chi connectivity index (χ3v) is 6.24. The van der Waals surface area contributed by atoms with Crippen molar-refractivity contribution >= 4 is 50.8 Å². The fourth-order valence-corrected chi connectivity index (χ4v) is 4.38. The first-order valence-corrected chi connectivity index (χ1v) is 11.5. The van der Waals surface area contributed by atoms with E-state index in [0.29, 0.717) is 12.2 Å². The molecule has 166 valence electrons. The number of fused-ring (bicyclic) bond motifs is 1. The zero-order valence-electron chi connectivity index (χ0n) is 18.0. The second-order valence-corrected chi connectivity index (χ2v) is 8.46. The minimum Gasteiger partial charge on any atom is -0.378 e. The van der Waals surface area contributed by atoms with Gasteiger partial charge in [0.25, 0.3) is 0 Å². The average Bonchev–Trinajstić information content (AvgIpc) is 3.25. The van der Waals surface area contributed by atoms with Crippen molar-refractivity contribution in [3.63, 3.8) is 0 Å². The maximum absolute atomic E-state index is 12.6. The standard InChI is InChI=1S/C24H26N4O3S/c1-2-27(24(30)12-11-23-26-20-5-3-4-6-21(20)32-23)17-22(29)25-18-7-9-19(10-8-18)28-13-15-31-16-14-28/h3-12H,2,13-17H2,1H3,(H,25,29)/b12-11+. The lowest BCUT2D eigenvalue weighted by atomic mass is 10.2. The van der Waals surface area contributed by atoms with Crippen molar-refractivity contribution in [2.24, 2.45) is 0 Å². The highest BCUT2D eigenvalue weighted by atomic mass is 32.1. The molecule has 0 spiro atoms. The largest absolute Gasteiger partial charge is 0.378 e. The van der Waals surface area contributed by atoms with E-state index in [9.17, 15) is 9.59 Å². The molecule has 4 rings (SSSR count). The number of amides is 2. The van der Waals surface area contributed by atoms with E-state index in [1.54, 1.807) is 6.08 Å². The number of hydrogen-bond donors (Lipinski definition) is 1. The number of hydrogen-bond acceptors (Lipinski definition) is 6. The predicted octanol–water partition coefficient (Wildman–Crippen LogP) is 3.63. The molecule has 0 unspecified atom stereocenters. The number of morpholine rings is 1. The number of ether oxygens (including phenoxy) is 1. The Bertz CT molecular complexity index is 1070. The van der Waals surface area contributed by atoms with Crippen LogP contribution in [0.2, 0.25) is 0 Å². The van der Waals surface area contributed by atoms with Gasteiger partial charge in [-0.15, -0.1) is 11.3 Å². The van der Waals surface area contributed by atoms with Gasteiger partial charge in [0, 0.05) is 37.1 Å². The highest BCUT2D eigenvalue weighted by Gasteiger charge is 2.15. The Labute approximate surface area is 191 Å². The van der Waals surface area contributed by atoms with Crippen LogP contribution >= 0.6 is 11.3 Å². The Balaban J connectivity index is 1.32. The number of rotatable bonds is 7. The first-order valence-electron chi connectivity index (χ1n) is 10.7. The van der Waals surface area contributed by atoms with Crippen LogP contribution in [0.5, 0.6) is 0 Å². The number of likely N-dealkylation sites (N-methyl/N-ethyl adjacent to an activating group) is 1. The van der Waals surface area contributed by atoms with Crippen LogP contribution in [-0.2, 0) is 14.3 Å². The van der Waals surface area contributed by atoms with Crippen LogP contribution < -0.4 is 10.2 Å². The molecule has 1 aliphatic heterocycles. The molecule has 0 atom stereocenters. The van der Waals surface area contributed by atoms with Crippen molar-refractivity contribution in [2.75, 3.05) is 49.6 Å². The van der Waals surface area contributed by atoms with Crippen molar-refractivity contribution in [3.05, 3.63) is 59.6 Å². The fourth-order valence-electron chi connectivity index (χ4n) is 3.51. The zero-order valence-corrected chi connectivity index (χ0v) is 18.8. The number of carbonyl (C=O) groups is 2. The van der Waals surface area contributed by atoms with E-state index in [-0.39, 0.29) is 18.4 Å². The second-order valence-electron chi connectivity index (χ2n) is 7.40. The molecule has 3 aromatic rings. The zero-order chi connectivity index (χ0) is 22.3. The van der Waals surface area contributed by atoms with Gasteiger partial charge in [-0.3, -0.25) is 9.59 Å². The predicted molar refractivity (Wildman–Crippen MR) is 129 cm³/mol. The van der Waals surface area contributed by atoms with E-state index in [2.05, 4.69) is 15.2 Å². The molecule has 1 aliphatic rings. The lowest BCUT2D eigenvalue weighted by Crippen LogP contribution is -2.37. The molecule has 1 fully saturated rings. The molecule has 0 radical (unpaired) electrons. The van der Waals surface area contributed by atoms with Crippen LogP contribution in [0.1, 0.15) is 11.9 Å². The normalized spacial score (nSPS) is 14.1. The summed E-state index contributed by atoms with van der Waals surface area (Å²) in [6.45, 7) is 5.47. The van der Waals surface area contributed by atoms with Crippen LogP contribution in [0.3, 0.4) is 0 Å². The summed E-state index contributed by atoms with van der Waals surface area (Å²) >= 11 is 1.53. The number of aromatic nitrogens is 1. The minimum atomic E-state index is -0.229. The monoisotopic (exact) mass is 450 g/mol. The van der Waals surface area contributed by atoms with Crippen molar-refractivity contribution in [3.8, 4) is 0 Å². The number of carbonyl (C=O) groups excluding carboxylic acids is 2. The molecule has 1 N–H and O–H groups in total. The van der Waals surface area contributed by atoms with Gasteiger partial charge in [0.1, 0.15) is 11.6 Å². The number of benzene rings is 2. The van der Waals surface area contributed by atoms with Gasteiger partial charge in [-0.25, -0.2) is 4.98 Å². The van der Waals surface area contributed by atoms with E-state index in [0.717, 1.165) is 47.2 Å². The molecule has 7 nitrogen and oxygen atoms in total. The van der Waals surface area contributed by atoms with Gasteiger partial charge in [0.2, 0.25) is 11.8 Å². The van der Waals surface area contributed by atoms with Crippen molar-refractivity contribution < 1.29 is 14.3 Å². The van der Waals surface area contributed by atoms with Crippen LogP contribution in [0.4, 0.5) is 11.4 Å². The van der Waals surface area contributed by atoms with Crippen LogP contribution in [0, 0.1) is 0 Å². The summed E-state index contributed by atoms with van der Waals surface area (Å²) in [7, 11) is 0. The van der Waals surface area contributed by atoms with Crippen LogP contribution in [0.25, 0.3) is 16.3 Å². The molecular weight excluding hydrogens is 424 g/mol. The van der Waals surface area contributed by atoms with Gasteiger partial charge in [0.15, 0.2) is 0 Å². The number of para-hydroxylation sites is 1. The van der Waals surface area contributed by atoms with Crippen LogP contribution in [-0.4, -0.2) is 61.1 Å². The molecule has 2 heterocycles. The van der Waals surface area contributed by atoms with Gasteiger partial charge in [0.05, 0.1) is 23.4 Å². The summed E-state index contributed by atoms with van der Waals surface area (Å²) < 4.78 is 6.46. The molecule has 8 heteroatoms. The SMILES string of the molecule is CCN(CC(=O)Nc1ccc(N2CCOCC2)cc1)C(=O)/C=C/c1nc2ccccc2s1. The smallest absolute Gasteiger partial charge is 0.247 e. The molecular formula is C24H26N4O3S. The van der Waals surface area contributed by atoms with Crippen molar-refractivity contribution in [1.29, 1.82) is 0 Å². The molecule has 2 amide bonds. The maximum atomic E-state index is 12.6. The molecule has 32 heavy (non-hydrogen) atoms. The van der Waals surface area contributed by atoms with E-state index >= 15 is 0 Å². The molecule has 0 aliphatic carbocycles. The summed E-state index contributed by atoms with van der Waals surface area (Å²) in [5, 5.41) is 3.64. The van der Waals surface area contributed by atoms with Crippen molar-refractivity contribution in [1.82, 2.24) is 9.88 Å². The van der Waals surface area contributed by atoms with Gasteiger partial charge in [-0.2, -0.15) is 0 Å². The third-order valence-electron chi connectivity index (χ3n) is 5.23. The number of thiazole rings is 1. The van der Waals surface area contributed by atoms with E-state index < -0.39 is 0 Å². The second kappa shape index (κ2) is 10.4. The number of nitrogens with one attached hydrogen (secondary N) is 1. The lowest BCUT2D eigenvalue weighted by Gasteiger charge is -2.29. The summed E-state index contributed by atoms with van der Waals surface area (Å²) in [5.74, 6) is -0.447. The summed E-state index contributed by atoms with van der Waals surface area (Å²) in [6, 6.07) is 15.6. The number of nitrogens with zero attached hydrogens (tertiary/aromatic N) is 3. The van der Waals surface area contributed by atoms with E-state index in [1.807, 2.05) is 55.5 Å². The van der Waals surface area contributed by atoms with Gasteiger partial charge >= 0.3 is 0 Å². The Hall–Kier alpha value is -3.23. The maximum Gasteiger partial charge on any atom is 0.247 e. The summed E-state index contributed by atoms with van der Waals surface area (Å²) in [5.41, 5.74) is 2.73. The Kier molecular flexibility index (Phi) is 7.14. The van der Waals surface area contributed by atoms with Crippen molar-refractivity contribution in [2.45, 2.75) is 6.92 Å². The summed E-state index contributed by atoms with van der Waals surface area (Å²) in [4.78, 5) is 33.3. The third kappa shape index (κ3) is 5.52. The van der Waals surface area contributed by atoms with Gasteiger partial charge in [-0.1, -0.05) is 12.1 Å². The molecule has 1 saturated heterocycles. The average molecular weight is 451 g/mol. The highest BCUT2D eigenvalue weighted by molar-refractivity contribution is 7.19. The summed E-state index contributed by atoms with van der Waals surface area (Å²) in [6.07, 6.45) is 3.18. The van der Waals surface area contributed by atoms with Gasteiger partial charge < -0.3 is 19.9 Å². The minimum absolute atomic E-state index is 0.00919. The first kappa shape index (κ1) is 22.0.